The Morgan fingerprint density at radius 1 is 1.37 bits per heavy atom. The number of H-pyrrole nitrogens is 1. The largest absolute Gasteiger partial charge is 0.384 e. The second-order valence-electron chi connectivity index (χ2n) is 7.28. The molecule has 0 aromatic carbocycles. The molecule has 1 aliphatic heterocycles. The fraction of sp³-hybridized carbons (Fsp3) is 0.444. The lowest BCUT2D eigenvalue weighted by Crippen LogP contribution is -2.50. The molecule has 0 bridgehead atoms. The van der Waals surface area contributed by atoms with Gasteiger partial charge in [0.1, 0.15) is 5.82 Å². The molecule has 1 saturated heterocycles. The standard InChI is InChI=1S/C18H24N8O/c1-10(2)24-18(27)14-4-3-11(6-20-14)15-5-16(19)26-17(25-15)13(9-23-26)12-7-21-22-8-12/h5,7-11,14,20H,3-4,6,19H2,1-2H3,(H,21,22)(H,24,27)/t11-,14-/m0/s1. The molecule has 0 radical (unpaired) electrons. The van der Waals surface area contributed by atoms with E-state index in [2.05, 4.69) is 25.9 Å². The molecule has 9 nitrogen and oxygen atoms in total. The van der Waals surface area contributed by atoms with E-state index in [4.69, 9.17) is 10.7 Å². The minimum Gasteiger partial charge on any atom is -0.384 e. The fourth-order valence-corrected chi connectivity index (χ4v) is 3.53. The predicted octanol–water partition coefficient (Wildman–Crippen LogP) is 1.06. The number of rotatable bonds is 4. The van der Waals surface area contributed by atoms with E-state index in [9.17, 15) is 4.79 Å². The third-order valence-electron chi connectivity index (χ3n) is 4.91. The van der Waals surface area contributed by atoms with Crippen molar-refractivity contribution < 1.29 is 4.79 Å². The molecule has 27 heavy (non-hydrogen) atoms. The number of aromatic nitrogens is 5. The van der Waals surface area contributed by atoms with Crippen molar-refractivity contribution in [3.05, 3.63) is 30.4 Å². The van der Waals surface area contributed by atoms with Gasteiger partial charge >= 0.3 is 0 Å². The van der Waals surface area contributed by atoms with Gasteiger partial charge in [0, 0.05) is 41.9 Å². The van der Waals surface area contributed by atoms with Gasteiger partial charge in [-0.3, -0.25) is 9.89 Å². The lowest BCUT2D eigenvalue weighted by atomic mass is 9.91. The van der Waals surface area contributed by atoms with Crippen molar-refractivity contribution >= 4 is 17.4 Å². The molecule has 1 fully saturated rings. The molecular weight excluding hydrogens is 344 g/mol. The number of fused-ring (bicyclic) bond motifs is 1. The van der Waals surface area contributed by atoms with Crippen LogP contribution in [0.2, 0.25) is 0 Å². The Morgan fingerprint density at radius 2 is 2.22 bits per heavy atom. The SMILES string of the molecule is CC(C)NC(=O)[C@@H]1CC[C@H](c2cc(N)n3ncc(-c4cn[nH]c4)c3n2)CN1. The molecule has 3 aromatic heterocycles. The van der Waals surface area contributed by atoms with E-state index in [0.29, 0.717) is 18.0 Å². The molecule has 9 heteroatoms. The summed E-state index contributed by atoms with van der Waals surface area (Å²) in [5, 5.41) is 17.5. The molecular formula is C18H24N8O. The molecule has 1 amide bonds. The Labute approximate surface area is 156 Å². The predicted molar refractivity (Wildman–Crippen MR) is 102 cm³/mol. The summed E-state index contributed by atoms with van der Waals surface area (Å²) in [6.45, 7) is 4.62. The number of piperidine rings is 1. The van der Waals surface area contributed by atoms with Crippen LogP contribution in [-0.2, 0) is 4.79 Å². The molecule has 0 spiro atoms. The minimum atomic E-state index is -0.152. The average Bonchev–Trinajstić information content (AvgIpc) is 3.30. The van der Waals surface area contributed by atoms with E-state index in [1.807, 2.05) is 26.1 Å². The molecule has 3 aromatic rings. The van der Waals surface area contributed by atoms with Crippen LogP contribution in [-0.4, -0.2) is 49.3 Å². The number of hydrogen-bond acceptors (Lipinski definition) is 6. The van der Waals surface area contributed by atoms with Crippen LogP contribution in [0.25, 0.3) is 16.8 Å². The van der Waals surface area contributed by atoms with Gasteiger partial charge in [-0.1, -0.05) is 0 Å². The summed E-state index contributed by atoms with van der Waals surface area (Å²) in [6.07, 6.45) is 6.94. The second-order valence-corrected chi connectivity index (χ2v) is 7.28. The number of nitrogens with zero attached hydrogens (tertiary/aromatic N) is 4. The van der Waals surface area contributed by atoms with E-state index >= 15 is 0 Å². The quantitative estimate of drug-likeness (QED) is 0.545. The van der Waals surface area contributed by atoms with Gasteiger partial charge in [0.05, 0.1) is 24.1 Å². The van der Waals surface area contributed by atoms with Crippen LogP contribution in [0.5, 0.6) is 0 Å². The Kier molecular flexibility index (Phi) is 4.53. The van der Waals surface area contributed by atoms with Crippen molar-refractivity contribution in [3.8, 4) is 11.1 Å². The van der Waals surface area contributed by atoms with Crippen LogP contribution < -0.4 is 16.4 Å². The number of aromatic amines is 1. The number of nitrogens with one attached hydrogen (secondary N) is 3. The van der Waals surface area contributed by atoms with Gasteiger partial charge in [-0.2, -0.15) is 14.7 Å². The molecule has 4 heterocycles. The van der Waals surface area contributed by atoms with Crippen molar-refractivity contribution in [3.63, 3.8) is 0 Å². The summed E-state index contributed by atoms with van der Waals surface area (Å²) >= 11 is 0. The van der Waals surface area contributed by atoms with Crippen LogP contribution in [0.3, 0.4) is 0 Å². The molecule has 142 valence electrons. The summed E-state index contributed by atoms with van der Waals surface area (Å²) in [7, 11) is 0. The van der Waals surface area contributed by atoms with Crippen molar-refractivity contribution in [2.24, 2.45) is 0 Å². The normalized spacial score (nSPS) is 20.3. The number of amides is 1. The second kappa shape index (κ2) is 6.99. The summed E-state index contributed by atoms with van der Waals surface area (Å²) in [6, 6.07) is 1.87. The first-order valence-corrected chi connectivity index (χ1v) is 9.20. The zero-order valence-corrected chi connectivity index (χ0v) is 15.4. The topological polar surface area (TPSA) is 126 Å². The van der Waals surface area contributed by atoms with Gasteiger partial charge in [-0.15, -0.1) is 0 Å². The average molecular weight is 368 g/mol. The fourth-order valence-electron chi connectivity index (χ4n) is 3.53. The highest BCUT2D eigenvalue weighted by atomic mass is 16.2. The first-order valence-electron chi connectivity index (χ1n) is 9.20. The van der Waals surface area contributed by atoms with Gasteiger partial charge in [-0.05, 0) is 26.7 Å². The molecule has 0 saturated carbocycles. The summed E-state index contributed by atoms with van der Waals surface area (Å²) in [5.41, 5.74) is 9.65. The number of hydrogen-bond donors (Lipinski definition) is 4. The van der Waals surface area contributed by atoms with E-state index < -0.39 is 0 Å². The molecule has 1 aliphatic rings. The third kappa shape index (κ3) is 3.37. The number of anilines is 1. The smallest absolute Gasteiger partial charge is 0.237 e. The maximum absolute atomic E-state index is 12.2. The minimum absolute atomic E-state index is 0.0596. The maximum atomic E-state index is 12.2. The van der Waals surface area contributed by atoms with Crippen LogP contribution in [0.15, 0.2) is 24.7 Å². The molecule has 0 aliphatic carbocycles. The highest BCUT2D eigenvalue weighted by Gasteiger charge is 2.28. The summed E-state index contributed by atoms with van der Waals surface area (Å²) < 4.78 is 1.64. The van der Waals surface area contributed by atoms with Crippen molar-refractivity contribution in [1.29, 1.82) is 0 Å². The van der Waals surface area contributed by atoms with Gasteiger partial charge in [0.2, 0.25) is 5.91 Å². The van der Waals surface area contributed by atoms with E-state index in [1.54, 1.807) is 16.9 Å². The van der Waals surface area contributed by atoms with Crippen LogP contribution >= 0.6 is 0 Å². The Balaban J connectivity index is 1.56. The van der Waals surface area contributed by atoms with Gasteiger partial charge in [-0.25, -0.2) is 4.98 Å². The molecule has 2 atom stereocenters. The highest BCUT2D eigenvalue weighted by Crippen LogP contribution is 2.29. The van der Waals surface area contributed by atoms with Crippen molar-refractivity contribution in [2.45, 2.75) is 44.7 Å². The first-order chi connectivity index (χ1) is 13.0. The van der Waals surface area contributed by atoms with Crippen LogP contribution in [0.1, 0.15) is 38.3 Å². The van der Waals surface area contributed by atoms with E-state index in [0.717, 1.165) is 29.7 Å². The zero-order valence-electron chi connectivity index (χ0n) is 15.4. The van der Waals surface area contributed by atoms with Crippen molar-refractivity contribution in [2.75, 3.05) is 12.3 Å². The number of carbonyl (C=O) groups excluding carboxylic acids is 1. The summed E-state index contributed by atoms with van der Waals surface area (Å²) in [4.78, 5) is 17.0. The highest BCUT2D eigenvalue weighted by molar-refractivity contribution is 5.82. The Bertz CT molecular complexity index is 938. The van der Waals surface area contributed by atoms with Crippen LogP contribution in [0.4, 0.5) is 5.82 Å². The number of nitrogens with two attached hydrogens (primary N) is 1. The Morgan fingerprint density at radius 3 is 2.89 bits per heavy atom. The third-order valence-corrected chi connectivity index (χ3v) is 4.91. The molecule has 4 rings (SSSR count). The van der Waals surface area contributed by atoms with Gasteiger partial charge in [0.15, 0.2) is 5.65 Å². The monoisotopic (exact) mass is 368 g/mol. The number of nitrogen functional groups attached to an aromatic ring is 1. The maximum Gasteiger partial charge on any atom is 0.237 e. The van der Waals surface area contributed by atoms with E-state index in [1.165, 1.54) is 0 Å². The first kappa shape index (κ1) is 17.5. The molecule has 0 unspecified atom stereocenters. The molecule has 5 N–H and O–H groups in total. The van der Waals surface area contributed by atoms with Gasteiger partial charge in [0.25, 0.3) is 0 Å². The lowest BCUT2D eigenvalue weighted by molar-refractivity contribution is -0.124. The zero-order chi connectivity index (χ0) is 19.0. The van der Waals surface area contributed by atoms with E-state index in [-0.39, 0.29) is 23.9 Å². The summed E-state index contributed by atoms with van der Waals surface area (Å²) in [5.74, 6) is 0.807. The van der Waals surface area contributed by atoms with Gasteiger partial charge < -0.3 is 16.4 Å². The number of carbonyl (C=O) groups is 1. The lowest BCUT2D eigenvalue weighted by Gasteiger charge is -2.29. The Hall–Kier alpha value is -2.94. The van der Waals surface area contributed by atoms with Crippen LogP contribution in [0, 0.1) is 0 Å². The van der Waals surface area contributed by atoms with Crippen molar-refractivity contribution in [1.82, 2.24) is 35.4 Å².